The Balaban J connectivity index is 3.29. The highest BCUT2D eigenvalue weighted by Gasteiger charge is 2.17. The molecule has 0 radical (unpaired) electrons. The molecule has 0 aromatic heterocycles. The Bertz CT molecular complexity index is 306. The maximum atomic E-state index is 10.7. The smallest absolute Gasteiger partial charge is 0.305 e. The molecule has 1 rings (SSSR count). The third-order valence-corrected chi connectivity index (χ3v) is 2.44. The monoisotopic (exact) mass is 198 g/mol. The molecule has 4 nitrogen and oxygen atoms in total. The van der Waals surface area contributed by atoms with Crippen molar-refractivity contribution in [2.75, 3.05) is 18.6 Å². The molecular formula is C8H10N2O2S. The number of nitro groups is 1. The highest BCUT2D eigenvalue weighted by Crippen LogP contribution is 2.33. The second kappa shape index (κ2) is 4.13. The Kier molecular flexibility index (Phi) is 3.13. The maximum Gasteiger partial charge on any atom is 0.305 e. The molecule has 0 atom stereocenters. The van der Waals surface area contributed by atoms with Crippen molar-refractivity contribution in [1.29, 1.82) is 0 Å². The molecule has 1 aromatic carbocycles. The number of nitrogens with zero attached hydrogens (tertiary/aromatic N) is 1. The van der Waals surface area contributed by atoms with E-state index in [0.29, 0.717) is 10.6 Å². The summed E-state index contributed by atoms with van der Waals surface area (Å²) in [6.07, 6.45) is 1.82. The van der Waals surface area contributed by atoms with Gasteiger partial charge in [-0.15, -0.1) is 11.8 Å². The fraction of sp³-hybridized carbons (Fsp3) is 0.250. The van der Waals surface area contributed by atoms with Crippen molar-refractivity contribution < 1.29 is 4.92 Å². The first-order valence-corrected chi connectivity index (χ1v) is 4.92. The minimum atomic E-state index is -0.363. The van der Waals surface area contributed by atoms with Crippen molar-refractivity contribution in [3.05, 3.63) is 28.3 Å². The fourth-order valence-corrected chi connectivity index (χ4v) is 1.67. The maximum absolute atomic E-state index is 10.7. The van der Waals surface area contributed by atoms with Crippen LogP contribution < -0.4 is 5.32 Å². The molecule has 0 aliphatic heterocycles. The topological polar surface area (TPSA) is 55.2 Å². The highest BCUT2D eigenvalue weighted by atomic mass is 32.2. The van der Waals surface area contributed by atoms with Crippen LogP contribution in [0.1, 0.15) is 0 Å². The summed E-state index contributed by atoms with van der Waals surface area (Å²) in [6, 6.07) is 5.23. The number of benzene rings is 1. The van der Waals surface area contributed by atoms with Gasteiger partial charge < -0.3 is 5.32 Å². The molecule has 1 N–H and O–H groups in total. The van der Waals surface area contributed by atoms with Crippen LogP contribution in [-0.4, -0.2) is 18.2 Å². The van der Waals surface area contributed by atoms with Crippen molar-refractivity contribution in [2.45, 2.75) is 4.90 Å². The summed E-state index contributed by atoms with van der Waals surface area (Å²) in [5, 5.41) is 13.5. The van der Waals surface area contributed by atoms with E-state index in [9.17, 15) is 10.1 Å². The average molecular weight is 198 g/mol. The number of nitro benzene ring substituents is 1. The van der Waals surface area contributed by atoms with E-state index in [-0.39, 0.29) is 10.6 Å². The summed E-state index contributed by atoms with van der Waals surface area (Å²) >= 11 is 1.37. The largest absolute Gasteiger partial charge is 0.383 e. The SMILES string of the molecule is CNc1cccc(SC)c1[N+](=O)[O-]. The Morgan fingerprint density at radius 1 is 1.54 bits per heavy atom. The van der Waals surface area contributed by atoms with Crippen molar-refractivity contribution in [3.8, 4) is 0 Å². The minimum Gasteiger partial charge on any atom is -0.383 e. The molecule has 0 saturated heterocycles. The minimum absolute atomic E-state index is 0.150. The summed E-state index contributed by atoms with van der Waals surface area (Å²) in [6.45, 7) is 0. The van der Waals surface area contributed by atoms with Gasteiger partial charge in [0, 0.05) is 7.05 Å². The lowest BCUT2D eigenvalue weighted by atomic mass is 10.3. The van der Waals surface area contributed by atoms with Gasteiger partial charge in [0.05, 0.1) is 9.82 Å². The lowest BCUT2D eigenvalue weighted by Crippen LogP contribution is -1.97. The summed E-state index contributed by atoms with van der Waals surface area (Å²) < 4.78 is 0. The average Bonchev–Trinajstić information content (AvgIpc) is 2.16. The first-order chi connectivity index (χ1) is 6.20. The molecule has 0 amide bonds. The molecule has 0 aliphatic carbocycles. The normalized spacial score (nSPS) is 9.69. The van der Waals surface area contributed by atoms with Crippen LogP contribution >= 0.6 is 11.8 Å². The van der Waals surface area contributed by atoms with E-state index < -0.39 is 0 Å². The number of nitrogens with one attached hydrogen (secondary N) is 1. The quantitative estimate of drug-likeness (QED) is 0.460. The van der Waals surface area contributed by atoms with Crippen LogP contribution in [0.25, 0.3) is 0 Å². The van der Waals surface area contributed by atoms with Gasteiger partial charge in [0.2, 0.25) is 0 Å². The Hall–Kier alpha value is -1.23. The Labute approximate surface area is 80.5 Å². The third kappa shape index (κ3) is 1.92. The Morgan fingerprint density at radius 2 is 2.23 bits per heavy atom. The van der Waals surface area contributed by atoms with Crippen molar-refractivity contribution in [2.24, 2.45) is 0 Å². The van der Waals surface area contributed by atoms with Gasteiger partial charge >= 0.3 is 5.69 Å². The van der Waals surface area contributed by atoms with E-state index >= 15 is 0 Å². The lowest BCUT2D eigenvalue weighted by Gasteiger charge is -2.04. The molecule has 70 valence electrons. The van der Waals surface area contributed by atoms with Crippen molar-refractivity contribution >= 4 is 23.1 Å². The standard InChI is InChI=1S/C8H10N2O2S/c1-9-6-4-3-5-7(13-2)8(6)10(11)12/h3-5,9H,1-2H3. The summed E-state index contributed by atoms with van der Waals surface area (Å²) in [5.74, 6) is 0. The molecule has 5 heteroatoms. The van der Waals surface area contributed by atoms with Gasteiger partial charge in [0.15, 0.2) is 0 Å². The van der Waals surface area contributed by atoms with Crippen molar-refractivity contribution in [1.82, 2.24) is 0 Å². The zero-order chi connectivity index (χ0) is 9.84. The predicted molar refractivity (Wildman–Crippen MR) is 54.4 cm³/mol. The summed E-state index contributed by atoms with van der Waals surface area (Å²) in [4.78, 5) is 11.0. The molecule has 0 spiro atoms. The van der Waals surface area contributed by atoms with Gasteiger partial charge in [-0.1, -0.05) is 6.07 Å². The van der Waals surface area contributed by atoms with Gasteiger partial charge in [-0.05, 0) is 18.4 Å². The number of anilines is 1. The fourth-order valence-electron chi connectivity index (χ4n) is 1.08. The number of thioether (sulfide) groups is 1. The first kappa shape index (κ1) is 9.85. The summed E-state index contributed by atoms with van der Waals surface area (Å²) in [5.41, 5.74) is 0.703. The molecule has 0 bridgehead atoms. The second-order valence-corrected chi connectivity index (χ2v) is 3.21. The van der Waals surface area contributed by atoms with E-state index in [1.54, 1.807) is 25.2 Å². The van der Waals surface area contributed by atoms with Crippen LogP contribution in [0.5, 0.6) is 0 Å². The Morgan fingerprint density at radius 3 is 2.69 bits per heavy atom. The van der Waals surface area contributed by atoms with E-state index in [4.69, 9.17) is 0 Å². The van der Waals surface area contributed by atoms with Gasteiger partial charge in [-0.2, -0.15) is 0 Å². The van der Waals surface area contributed by atoms with E-state index in [1.165, 1.54) is 11.8 Å². The molecule has 0 aliphatic rings. The van der Waals surface area contributed by atoms with Crippen LogP contribution in [-0.2, 0) is 0 Å². The molecule has 1 aromatic rings. The van der Waals surface area contributed by atoms with Crippen molar-refractivity contribution in [3.63, 3.8) is 0 Å². The van der Waals surface area contributed by atoms with Crippen LogP contribution in [0.4, 0.5) is 11.4 Å². The number of hydrogen-bond acceptors (Lipinski definition) is 4. The summed E-state index contributed by atoms with van der Waals surface area (Å²) in [7, 11) is 1.67. The van der Waals surface area contributed by atoms with Crippen LogP contribution in [0.2, 0.25) is 0 Å². The van der Waals surface area contributed by atoms with Crippen LogP contribution in [0, 0.1) is 10.1 Å². The number of rotatable bonds is 3. The molecule has 0 unspecified atom stereocenters. The third-order valence-electron chi connectivity index (χ3n) is 1.67. The van der Waals surface area contributed by atoms with Gasteiger partial charge in [0.25, 0.3) is 0 Å². The van der Waals surface area contributed by atoms with Gasteiger partial charge in [-0.3, -0.25) is 10.1 Å². The molecule has 0 heterocycles. The van der Waals surface area contributed by atoms with E-state index in [2.05, 4.69) is 5.32 Å². The first-order valence-electron chi connectivity index (χ1n) is 3.70. The lowest BCUT2D eigenvalue weighted by molar-refractivity contribution is -0.386. The predicted octanol–water partition coefficient (Wildman–Crippen LogP) is 2.36. The highest BCUT2D eigenvalue weighted by molar-refractivity contribution is 7.98. The number of hydrogen-bond donors (Lipinski definition) is 1. The van der Waals surface area contributed by atoms with Gasteiger partial charge in [-0.25, -0.2) is 0 Å². The number of para-hydroxylation sites is 1. The second-order valence-electron chi connectivity index (χ2n) is 2.36. The zero-order valence-corrected chi connectivity index (χ0v) is 8.22. The van der Waals surface area contributed by atoms with Crippen LogP contribution in [0.15, 0.2) is 23.1 Å². The van der Waals surface area contributed by atoms with Crippen LogP contribution in [0.3, 0.4) is 0 Å². The molecular weight excluding hydrogens is 188 g/mol. The zero-order valence-electron chi connectivity index (χ0n) is 7.40. The molecule has 0 fully saturated rings. The van der Waals surface area contributed by atoms with Gasteiger partial charge in [0.1, 0.15) is 5.69 Å². The molecule has 0 saturated carbocycles. The molecule has 13 heavy (non-hydrogen) atoms. The van der Waals surface area contributed by atoms with E-state index in [0.717, 1.165) is 0 Å². The van der Waals surface area contributed by atoms with E-state index in [1.807, 2.05) is 6.26 Å².